The summed E-state index contributed by atoms with van der Waals surface area (Å²) < 4.78 is 1.90. The van der Waals surface area contributed by atoms with Crippen LogP contribution in [0, 0.1) is 13.8 Å². The van der Waals surface area contributed by atoms with Crippen LogP contribution in [-0.4, -0.2) is 74.8 Å². The summed E-state index contributed by atoms with van der Waals surface area (Å²) in [5.74, 6) is 2.92. The first-order valence-corrected chi connectivity index (χ1v) is 12.7. The summed E-state index contributed by atoms with van der Waals surface area (Å²) >= 11 is 0. The molecule has 9 heteroatoms. The Morgan fingerprint density at radius 1 is 0.857 bits per heavy atom. The number of pyridine rings is 1. The van der Waals surface area contributed by atoms with Crippen molar-refractivity contribution in [2.75, 3.05) is 49.1 Å². The van der Waals surface area contributed by atoms with Crippen molar-refractivity contribution in [2.45, 2.75) is 46.0 Å². The summed E-state index contributed by atoms with van der Waals surface area (Å²) in [5.41, 5.74) is 3.12. The van der Waals surface area contributed by atoms with Crippen LogP contribution in [0.5, 0.6) is 0 Å². The van der Waals surface area contributed by atoms with Crippen LogP contribution in [0.25, 0.3) is 5.82 Å². The number of nitrogens with zero attached hydrogens (tertiary/aromatic N) is 8. The Balaban J connectivity index is 1.21. The molecule has 184 valence electrons. The molecule has 2 fully saturated rings. The number of rotatable bonds is 6. The van der Waals surface area contributed by atoms with E-state index < -0.39 is 0 Å². The summed E-state index contributed by atoms with van der Waals surface area (Å²) in [6.07, 6.45) is 8.30. The van der Waals surface area contributed by atoms with Crippen molar-refractivity contribution in [1.29, 1.82) is 0 Å². The van der Waals surface area contributed by atoms with Crippen LogP contribution in [0.2, 0.25) is 0 Å². The highest BCUT2D eigenvalue weighted by atomic mass is 16.2. The zero-order valence-electron chi connectivity index (χ0n) is 20.7. The topological polar surface area (TPSA) is 83.3 Å². The summed E-state index contributed by atoms with van der Waals surface area (Å²) in [4.78, 5) is 32.9. The molecule has 5 heterocycles. The minimum Gasteiger partial charge on any atom is -0.356 e. The van der Waals surface area contributed by atoms with Crippen molar-refractivity contribution in [3.63, 3.8) is 0 Å². The normalized spacial score (nSPS) is 16.6. The quantitative estimate of drug-likeness (QED) is 0.543. The Morgan fingerprint density at radius 2 is 1.60 bits per heavy atom. The molecule has 2 aliphatic rings. The van der Waals surface area contributed by atoms with E-state index in [1.807, 2.05) is 47.0 Å². The van der Waals surface area contributed by atoms with Crippen molar-refractivity contribution >= 4 is 17.5 Å². The molecule has 5 rings (SSSR count). The number of hydrogen-bond donors (Lipinski definition) is 0. The molecule has 1 amide bonds. The molecule has 0 aromatic carbocycles. The monoisotopic (exact) mass is 474 g/mol. The second kappa shape index (κ2) is 10.4. The van der Waals surface area contributed by atoms with E-state index in [9.17, 15) is 4.79 Å². The van der Waals surface area contributed by atoms with E-state index in [2.05, 4.69) is 31.7 Å². The largest absolute Gasteiger partial charge is 0.356 e. The van der Waals surface area contributed by atoms with E-state index in [4.69, 9.17) is 5.10 Å². The first-order valence-electron chi connectivity index (χ1n) is 12.7. The summed E-state index contributed by atoms with van der Waals surface area (Å²) in [6.45, 7) is 9.24. The molecule has 9 nitrogen and oxygen atoms in total. The van der Waals surface area contributed by atoms with Gasteiger partial charge in [-0.2, -0.15) is 5.10 Å². The van der Waals surface area contributed by atoms with Crippen LogP contribution in [0.3, 0.4) is 0 Å². The molecule has 2 saturated heterocycles. The molecule has 3 aromatic heterocycles. The fourth-order valence-electron chi connectivity index (χ4n) is 5.12. The summed E-state index contributed by atoms with van der Waals surface area (Å²) in [7, 11) is 0. The number of carbonyl (C=O) groups excluding carboxylic acids is 1. The van der Waals surface area contributed by atoms with Crippen LogP contribution in [-0.2, 0) is 11.2 Å². The number of piperidine rings is 1. The Labute approximate surface area is 206 Å². The number of carbonyl (C=O) groups is 1. The predicted molar refractivity (Wildman–Crippen MR) is 136 cm³/mol. The zero-order chi connectivity index (χ0) is 24.2. The van der Waals surface area contributed by atoms with E-state index in [0.717, 1.165) is 73.7 Å². The maximum atomic E-state index is 13.0. The van der Waals surface area contributed by atoms with E-state index in [1.54, 1.807) is 6.33 Å². The molecular formula is C26H34N8O. The molecule has 0 spiro atoms. The van der Waals surface area contributed by atoms with Gasteiger partial charge in [-0.3, -0.25) is 4.79 Å². The number of piperazine rings is 1. The summed E-state index contributed by atoms with van der Waals surface area (Å²) in [5, 5.41) is 4.77. The van der Waals surface area contributed by atoms with Crippen LogP contribution >= 0.6 is 0 Å². The average molecular weight is 475 g/mol. The van der Waals surface area contributed by atoms with E-state index >= 15 is 0 Å². The maximum Gasteiger partial charge on any atom is 0.223 e. The van der Waals surface area contributed by atoms with Crippen molar-refractivity contribution in [1.82, 2.24) is 29.6 Å². The van der Waals surface area contributed by atoms with Crippen LogP contribution in [0.4, 0.5) is 11.6 Å². The van der Waals surface area contributed by atoms with Gasteiger partial charge in [-0.1, -0.05) is 6.07 Å². The van der Waals surface area contributed by atoms with Gasteiger partial charge >= 0.3 is 0 Å². The average Bonchev–Trinajstić information content (AvgIpc) is 3.21. The second-order valence-electron chi connectivity index (χ2n) is 9.40. The molecule has 0 N–H and O–H groups in total. The third-order valence-corrected chi connectivity index (χ3v) is 7.17. The highest BCUT2D eigenvalue weighted by Crippen LogP contribution is 2.23. The maximum absolute atomic E-state index is 13.0. The lowest BCUT2D eigenvalue weighted by Gasteiger charge is -2.35. The highest BCUT2D eigenvalue weighted by Gasteiger charge is 2.23. The fraction of sp³-hybridized carbons (Fsp3) is 0.500. The SMILES string of the molecule is Cc1nn(-c2cc(N3CCCCC3)ncn2)c(C)c1CCC(=O)N1CCN(c2ccccn2)CC1. The van der Waals surface area contributed by atoms with Gasteiger partial charge in [0.05, 0.1) is 5.69 Å². The highest BCUT2D eigenvalue weighted by molar-refractivity contribution is 5.77. The second-order valence-corrected chi connectivity index (χ2v) is 9.40. The molecule has 2 aliphatic heterocycles. The number of amides is 1. The van der Waals surface area contributed by atoms with E-state index in [1.165, 1.54) is 19.3 Å². The zero-order valence-corrected chi connectivity index (χ0v) is 20.7. The van der Waals surface area contributed by atoms with Crippen molar-refractivity contribution in [2.24, 2.45) is 0 Å². The molecule has 0 radical (unpaired) electrons. The minimum atomic E-state index is 0.201. The van der Waals surface area contributed by atoms with Gasteiger partial charge in [-0.15, -0.1) is 0 Å². The Kier molecular flexibility index (Phi) is 6.92. The minimum absolute atomic E-state index is 0.201. The molecule has 0 saturated carbocycles. The molecule has 0 unspecified atom stereocenters. The van der Waals surface area contributed by atoms with Crippen LogP contribution < -0.4 is 9.80 Å². The number of hydrogen-bond acceptors (Lipinski definition) is 7. The first kappa shape index (κ1) is 23.3. The van der Waals surface area contributed by atoms with Gasteiger partial charge in [0.2, 0.25) is 5.91 Å². The lowest BCUT2D eigenvalue weighted by molar-refractivity contribution is -0.131. The van der Waals surface area contributed by atoms with Crippen molar-refractivity contribution < 1.29 is 4.79 Å². The van der Waals surface area contributed by atoms with E-state index in [-0.39, 0.29) is 5.91 Å². The van der Waals surface area contributed by atoms with Gasteiger partial charge in [-0.05, 0) is 57.2 Å². The van der Waals surface area contributed by atoms with Crippen molar-refractivity contribution in [3.05, 3.63) is 53.7 Å². The standard InChI is InChI=1S/C26H34N8O/c1-20-22(9-10-26(35)33-16-14-32(15-17-33)23-8-4-5-11-27-23)21(2)34(30-20)25-18-24(28-19-29-25)31-12-6-3-7-13-31/h4-5,8,11,18-19H,3,6-7,9-10,12-17H2,1-2H3. The Bertz CT molecular complexity index is 1150. The predicted octanol–water partition coefficient (Wildman–Crippen LogP) is 2.95. The molecule has 35 heavy (non-hydrogen) atoms. The number of aryl methyl sites for hydroxylation is 1. The molecule has 3 aromatic rings. The molecule has 0 bridgehead atoms. The van der Waals surface area contributed by atoms with Gasteiger partial charge in [-0.25, -0.2) is 19.6 Å². The van der Waals surface area contributed by atoms with Gasteiger partial charge in [0.15, 0.2) is 5.82 Å². The lowest BCUT2D eigenvalue weighted by atomic mass is 10.1. The third-order valence-electron chi connectivity index (χ3n) is 7.17. The van der Waals surface area contributed by atoms with Crippen molar-refractivity contribution in [3.8, 4) is 5.82 Å². The molecule has 0 atom stereocenters. The Hall–Kier alpha value is -3.49. The lowest BCUT2D eigenvalue weighted by Crippen LogP contribution is -2.49. The van der Waals surface area contributed by atoms with E-state index in [0.29, 0.717) is 12.8 Å². The van der Waals surface area contributed by atoms with Gasteiger partial charge in [0.25, 0.3) is 0 Å². The number of aromatic nitrogens is 5. The Morgan fingerprint density at radius 3 is 2.34 bits per heavy atom. The molecular weight excluding hydrogens is 440 g/mol. The summed E-state index contributed by atoms with van der Waals surface area (Å²) in [6, 6.07) is 7.98. The number of anilines is 2. The van der Waals surface area contributed by atoms with Gasteiger partial charge in [0, 0.05) is 63.6 Å². The smallest absolute Gasteiger partial charge is 0.223 e. The fourth-order valence-corrected chi connectivity index (χ4v) is 5.12. The third kappa shape index (κ3) is 5.13. The van der Waals surface area contributed by atoms with Crippen LogP contribution in [0.15, 0.2) is 36.8 Å². The van der Waals surface area contributed by atoms with Gasteiger partial charge in [0.1, 0.15) is 18.0 Å². The van der Waals surface area contributed by atoms with Crippen LogP contribution in [0.1, 0.15) is 42.6 Å². The first-order chi connectivity index (χ1) is 17.1. The molecule has 0 aliphatic carbocycles. The van der Waals surface area contributed by atoms with Gasteiger partial charge < -0.3 is 14.7 Å².